The van der Waals surface area contributed by atoms with E-state index in [1.54, 1.807) is 32.9 Å². The lowest BCUT2D eigenvalue weighted by Gasteiger charge is -2.15. The summed E-state index contributed by atoms with van der Waals surface area (Å²) in [6.07, 6.45) is 4.23. The minimum Gasteiger partial charge on any atom is -0.465 e. The van der Waals surface area contributed by atoms with Crippen LogP contribution in [0.2, 0.25) is 0 Å². The van der Waals surface area contributed by atoms with Crippen molar-refractivity contribution in [1.29, 1.82) is 0 Å². The Balaban J connectivity index is 2.39. The van der Waals surface area contributed by atoms with Gasteiger partial charge in [-0.3, -0.25) is 4.79 Å². The van der Waals surface area contributed by atoms with Crippen molar-refractivity contribution >= 4 is 17.8 Å². The Kier molecular flexibility index (Phi) is 4.26. The van der Waals surface area contributed by atoms with Crippen molar-refractivity contribution in [2.45, 2.75) is 20.8 Å². The van der Waals surface area contributed by atoms with Crippen LogP contribution in [-0.2, 0) is 14.3 Å². The standard InChI is InChI=1S/C13H16O4/c1-13(2,3)11(14)9-17-12(15)7-6-10-5-4-8-16-10/h4-8H,9H2,1-3H3/b7-6+. The maximum absolute atomic E-state index is 11.5. The number of furan rings is 1. The lowest BCUT2D eigenvalue weighted by atomic mass is 9.91. The van der Waals surface area contributed by atoms with Crippen molar-refractivity contribution in [2.24, 2.45) is 5.41 Å². The summed E-state index contributed by atoms with van der Waals surface area (Å²) >= 11 is 0. The molecule has 1 heterocycles. The first-order chi connectivity index (χ1) is 7.89. The molecule has 0 spiro atoms. The average molecular weight is 236 g/mol. The molecular weight excluding hydrogens is 220 g/mol. The van der Waals surface area contributed by atoms with Gasteiger partial charge in [0.25, 0.3) is 0 Å². The number of hydrogen-bond acceptors (Lipinski definition) is 4. The Bertz CT molecular complexity index is 407. The van der Waals surface area contributed by atoms with Crippen LogP contribution in [0.15, 0.2) is 28.9 Å². The molecule has 1 rings (SSSR count). The maximum Gasteiger partial charge on any atom is 0.331 e. The summed E-state index contributed by atoms with van der Waals surface area (Å²) in [6.45, 7) is 5.14. The first kappa shape index (κ1) is 13.2. The molecule has 0 unspecified atom stereocenters. The molecule has 0 N–H and O–H groups in total. The van der Waals surface area contributed by atoms with Crippen LogP contribution in [-0.4, -0.2) is 18.4 Å². The van der Waals surface area contributed by atoms with Crippen LogP contribution in [0.25, 0.3) is 6.08 Å². The van der Waals surface area contributed by atoms with Crippen LogP contribution in [0, 0.1) is 5.41 Å². The highest BCUT2D eigenvalue weighted by atomic mass is 16.5. The molecule has 0 aromatic carbocycles. The highest BCUT2D eigenvalue weighted by molar-refractivity contribution is 5.90. The summed E-state index contributed by atoms with van der Waals surface area (Å²) < 4.78 is 9.81. The van der Waals surface area contributed by atoms with Crippen molar-refractivity contribution in [1.82, 2.24) is 0 Å². The third-order valence-corrected chi connectivity index (χ3v) is 2.11. The van der Waals surface area contributed by atoms with Gasteiger partial charge in [-0.1, -0.05) is 20.8 Å². The Morgan fingerprint density at radius 3 is 2.65 bits per heavy atom. The molecule has 1 aromatic heterocycles. The second kappa shape index (κ2) is 5.48. The van der Waals surface area contributed by atoms with E-state index in [-0.39, 0.29) is 12.4 Å². The van der Waals surface area contributed by atoms with Gasteiger partial charge in [-0.25, -0.2) is 4.79 Å². The molecule has 0 radical (unpaired) electrons. The minimum absolute atomic E-state index is 0.114. The van der Waals surface area contributed by atoms with Gasteiger partial charge in [0.2, 0.25) is 0 Å². The Morgan fingerprint density at radius 1 is 1.41 bits per heavy atom. The number of esters is 1. The number of rotatable bonds is 4. The first-order valence-electron chi connectivity index (χ1n) is 5.31. The van der Waals surface area contributed by atoms with Gasteiger partial charge in [0, 0.05) is 11.5 Å². The van der Waals surface area contributed by atoms with Crippen molar-refractivity contribution < 1.29 is 18.7 Å². The normalized spacial score (nSPS) is 11.7. The van der Waals surface area contributed by atoms with Gasteiger partial charge < -0.3 is 9.15 Å². The number of carbonyl (C=O) groups is 2. The number of hydrogen-bond donors (Lipinski definition) is 0. The molecule has 0 bridgehead atoms. The average Bonchev–Trinajstić information content (AvgIpc) is 2.74. The molecule has 4 heteroatoms. The van der Waals surface area contributed by atoms with E-state index in [2.05, 4.69) is 0 Å². The molecular formula is C13H16O4. The monoisotopic (exact) mass is 236 g/mol. The minimum atomic E-state index is -0.556. The van der Waals surface area contributed by atoms with Crippen LogP contribution < -0.4 is 0 Å². The van der Waals surface area contributed by atoms with Gasteiger partial charge >= 0.3 is 5.97 Å². The van der Waals surface area contributed by atoms with Gasteiger partial charge in [-0.05, 0) is 18.2 Å². The van der Waals surface area contributed by atoms with Gasteiger partial charge in [-0.15, -0.1) is 0 Å². The van der Waals surface area contributed by atoms with E-state index < -0.39 is 11.4 Å². The molecule has 17 heavy (non-hydrogen) atoms. The summed E-state index contributed by atoms with van der Waals surface area (Å²) in [5.41, 5.74) is -0.495. The Labute approximate surface area is 100 Å². The molecule has 0 fully saturated rings. The lowest BCUT2D eigenvalue weighted by Crippen LogP contribution is -2.25. The molecule has 0 aliphatic carbocycles. The van der Waals surface area contributed by atoms with Crippen molar-refractivity contribution in [3.05, 3.63) is 30.2 Å². The fourth-order valence-electron chi connectivity index (χ4n) is 0.938. The molecule has 4 nitrogen and oxygen atoms in total. The van der Waals surface area contributed by atoms with Gasteiger partial charge in [0.1, 0.15) is 5.76 Å². The zero-order chi connectivity index (χ0) is 12.9. The molecule has 0 saturated heterocycles. The Hall–Kier alpha value is -1.84. The van der Waals surface area contributed by atoms with Crippen LogP contribution in [0.5, 0.6) is 0 Å². The van der Waals surface area contributed by atoms with E-state index in [0.29, 0.717) is 5.76 Å². The van der Waals surface area contributed by atoms with Crippen molar-refractivity contribution in [3.63, 3.8) is 0 Å². The predicted octanol–water partition coefficient (Wildman–Crippen LogP) is 2.45. The second-order valence-electron chi connectivity index (χ2n) is 4.63. The lowest BCUT2D eigenvalue weighted by molar-refractivity contribution is -0.145. The predicted molar refractivity (Wildman–Crippen MR) is 63.2 cm³/mol. The van der Waals surface area contributed by atoms with Crippen LogP contribution in [0.3, 0.4) is 0 Å². The largest absolute Gasteiger partial charge is 0.465 e. The fourth-order valence-corrected chi connectivity index (χ4v) is 0.938. The van der Waals surface area contributed by atoms with Crippen LogP contribution in [0.4, 0.5) is 0 Å². The smallest absolute Gasteiger partial charge is 0.331 e. The molecule has 0 atom stereocenters. The van der Waals surface area contributed by atoms with Crippen molar-refractivity contribution in [3.8, 4) is 0 Å². The summed E-state index contributed by atoms with van der Waals surface area (Å²) in [6, 6.07) is 3.43. The molecule has 1 aromatic rings. The number of Topliss-reactive ketones (excluding diaryl/α,β-unsaturated/α-hetero) is 1. The van der Waals surface area contributed by atoms with Gasteiger partial charge in [-0.2, -0.15) is 0 Å². The Morgan fingerprint density at radius 2 is 2.12 bits per heavy atom. The van der Waals surface area contributed by atoms with Crippen molar-refractivity contribution in [2.75, 3.05) is 6.61 Å². The molecule has 0 aliphatic rings. The second-order valence-corrected chi connectivity index (χ2v) is 4.63. The number of carbonyl (C=O) groups excluding carboxylic acids is 2. The first-order valence-corrected chi connectivity index (χ1v) is 5.31. The third kappa shape index (κ3) is 4.68. The van der Waals surface area contributed by atoms with Gasteiger partial charge in [0.15, 0.2) is 12.4 Å². The van der Waals surface area contributed by atoms with E-state index in [4.69, 9.17) is 9.15 Å². The summed E-state index contributed by atoms with van der Waals surface area (Å²) in [5.74, 6) is -0.111. The van der Waals surface area contributed by atoms with E-state index in [9.17, 15) is 9.59 Å². The quantitative estimate of drug-likeness (QED) is 0.595. The van der Waals surface area contributed by atoms with E-state index >= 15 is 0 Å². The van der Waals surface area contributed by atoms with E-state index in [0.717, 1.165) is 0 Å². The summed E-state index contributed by atoms with van der Waals surface area (Å²) in [4.78, 5) is 22.7. The number of ether oxygens (including phenoxy) is 1. The summed E-state index contributed by atoms with van der Waals surface area (Å²) in [5, 5.41) is 0. The maximum atomic E-state index is 11.5. The third-order valence-electron chi connectivity index (χ3n) is 2.11. The summed E-state index contributed by atoms with van der Waals surface area (Å²) in [7, 11) is 0. The van der Waals surface area contributed by atoms with Crippen LogP contribution in [0.1, 0.15) is 26.5 Å². The molecule has 0 saturated carbocycles. The fraction of sp³-hybridized carbons (Fsp3) is 0.385. The molecule has 0 aliphatic heterocycles. The zero-order valence-electron chi connectivity index (χ0n) is 10.2. The SMILES string of the molecule is CC(C)(C)C(=O)COC(=O)/C=C/c1ccco1. The van der Waals surface area contributed by atoms with E-state index in [1.165, 1.54) is 18.4 Å². The van der Waals surface area contributed by atoms with E-state index in [1.807, 2.05) is 0 Å². The topological polar surface area (TPSA) is 56.5 Å². The molecule has 92 valence electrons. The zero-order valence-corrected chi connectivity index (χ0v) is 10.2. The van der Waals surface area contributed by atoms with Crippen LogP contribution >= 0.6 is 0 Å². The highest BCUT2D eigenvalue weighted by Crippen LogP contribution is 2.14. The molecule has 0 amide bonds. The highest BCUT2D eigenvalue weighted by Gasteiger charge is 2.21. The number of ketones is 1. The van der Waals surface area contributed by atoms with Gasteiger partial charge in [0.05, 0.1) is 6.26 Å².